The van der Waals surface area contributed by atoms with Gasteiger partial charge in [0, 0.05) is 38.4 Å². The monoisotopic (exact) mass is 457 g/mol. The lowest BCUT2D eigenvalue weighted by Crippen LogP contribution is -2.47. The maximum Gasteiger partial charge on any atom is 0.267 e. The molecule has 9 heteroatoms. The third kappa shape index (κ3) is 4.14. The van der Waals surface area contributed by atoms with Crippen LogP contribution >= 0.6 is 24.0 Å². The number of piperazine rings is 1. The molecular weight excluding hydrogens is 430 g/mol. The highest BCUT2D eigenvalue weighted by atomic mass is 32.2. The summed E-state index contributed by atoms with van der Waals surface area (Å²) >= 11 is 6.66. The normalized spacial score (nSPS) is 19.5. The van der Waals surface area contributed by atoms with Gasteiger partial charge in [-0.25, -0.2) is 4.98 Å². The van der Waals surface area contributed by atoms with Gasteiger partial charge < -0.3 is 9.80 Å². The van der Waals surface area contributed by atoms with Gasteiger partial charge in [-0.1, -0.05) is 37.0 Å². The molecule has 7 nitrogen and oxygen atoms in total. The van der Waals surface area contributed by atoms with Gasteiger partial charge in [-0.15, -0.1) is 0 Å². The molecule has 0 atom stereocenters. The topological polar surface area (TPSA) is 61.2 Å². The Kier molecular flexibility index (Phi) is 6.18. The fourth-order valence-corrected chi connectivity index (χ4v) is 5.45. The zero-order valence-electron chi connectivity index (χ0n) is 18.3. The molecule has 4 rings (SSSR count). The molecule has 0 unspecified atom stereocenters. The maximum atomic E-state index is 13.5. The van der Waals surface area contributed by atoms with Crippen LogP contribution in [0.1, 0.15) is 31.9 Å². The number of thioether (sulfide) groups is 1. The maximum absolute atomic E-state index is 13.5. The first-order valence-corrected chi connectivity index (χ1v) is 11.8. The van der Waals surface area contributed by atoms with Crippen molar-refractivity contribution in [3.05, 3.63) is 44.7 Å². The van der Waals surface area contributed by atoms with Gasteiger partial charge in [-0.2, -0.15) is 0 Å². The first-order chi connectivity index (χ1) is 14.8. The standard InChI is InChI=1S/C22H27N5O2S2/c1-5-24-8-10-25(11-9-24)19-16(12-17-21(29)27(14(2)3)22(30)31-17)20(28)26-13-15(4)6-7-18(26)23-19/h6-7,12-14H,5,8-11H2,1-4H3. The van der Waals surface area contributed by atoms with E-state index in [1.54, 1.807) is 21.6 Å². The molecule has 2 aliphatic heterocycles. The third-order valence-electron chi connectivity index (χ3n) is 5.72. The van der Waals surface area contributed by atoms with Gasteiger partial charge in [0.2, 0.25) is 0 Å². The van der Waals surface area contributed by atoms with Crippen molar-refractivity contribution in [3.63, 3.8) is 0 Å². The minimum absolute atomic E-state index is 0.0292. The minimum atomic E-state index is -0.170. The molecule has 0 bridgehead atoms. The van der Waals surface area contributed by atoms with E-state index in [0.717, 1.165) is 38.3 Å². The van der Waals surface area contributed by atoms with Crippen LogP contribution in [0.3, 0.4) is 0 Å². The van der Waals surface area contributed by atoms with E-state index in [1.807, 2.05) is 32.9 Å². The quantitative estimate of drug-likeness (QED) is 0.517. The van der Waals surface area contributed by atoms with Gasteiger partial charge in [-0.3, -0.25) is 18.9 Å². The van der Waals surface area contributed by atoms with Gasteiger partial charge in [0.15, 0.2) is 0 Å². The molecule has 4 heterocycles. The fourth-order valence-electron chi connectivity index (χ4n) is 3.95. The van der Waals surface area contributed by atoms with Gasteiger partial charge in [-0.05, 0) is 45.0 Å². The summed E-state index contributed by atoms with van der Waals surface area (Å²) in [6, 6.07) is 3.79. The van der Waals surface area contributed by atoms with E-state index in [4.69, 9.17) is 17.2 Å². The predicted molar refractivity (Wildman–Crippen MR) is 131 cm³/mol. The summed E-state index contributed by atoms with van der Waals surface area (Å²) in [6.45, 7) is 12.4. The van der Waals surface area contributed by atoms with Crippen LogP contribution < -0.4 is 10.5 Å². The van der Waals surface area contributed by atoms with Crippen molar-refractivity contribution < 1.29 is 4.79 Å². The van der Waals surface area contributed by atoms with Crippen LogP contribution in [0.2, 0.25) is 0 Å². The lowest BCUT2D eigenvalue weighted by Gasteiger charge is -2.35. The lowest BCUT2D eigenvalue weighted by atomic mass is 10.2. The molecule has 0 aliphatic carbocycles. The number of pyridine rings is 1. The summed E-state index contributed by atoms with van der Waals surface area (Å²) < 4.78 is 2.09. The Labute approximate surface area is 191 Å². The number of aromatic nitrogens is 2. The van der Waals surface area contributed by atoms with Crippen LogP contribution in [0.4, 0.5) is 5.82 Å². The van der Waals surface area contributed by atoms with E-state index >= 15 is 0 Å². The van der Waals surface area contributed by atoms with E-state index in [1.165, 1.54) is 11.8 Å². The summed E-state index contributed by atoms with van der Waals surface area (Å²) in [7, 11) is 0. The Morgan fingerprint density at radius 1 is 1.19 bits per heavy atom. The SMILES string of the molecule is CCN1CCN(c2nc3ccc(C)cn3c(=O)c2C=C2SC(=S)N(C(C)C)C2=O)CC1. The van der Waals surface area contributed by atoms with Crippen LogP contribution in [0.5, 0.6) is 0 Å². The van der Waals surface area contributed by atoms with E-state index < -0.39 is 0 Å². The van der Waals surface area contributed by atoms with E-state index in [9.17, 15) is 9.59 Å². The van der Waals surface area contributed by atoms with Gasteiger partial charge in [0.05, 0.1) is 10.5 Å². The molecule has 0 N–H and O–H groups in total. The number of fused-ring (bicyclic) bond motifs is 1. The Bertz CT molecular complexity index is 1130. The fraction of sp³-hybridized carbons (Fsp3) is 0.455. The molecule has 0 spiro atoms. The second kappa shape index (κ2) is 8.72. The molecule has 2 aromatic rings. The number of thiocarbonyl (C=S) groups is 1. The Balaban J connectivity index is 1.85. The number of carbonyl (C=O) groups excluding carboxylic acids is 1. The number of nitrogens with zero attached hydrogens (tertiary/aromatic N) is 5. The second-order valence-electron chi connectivity index (χ2n) is 8.16. The van der Waals surface area contributed by atoms with Crippen molar-refractivity contribution in [2.45, 2.75) is 33.7 Å². The van der Waals surface area contributed by atoms with Crippen molar-refractivity contribution >= 4 is 51.7 Å². The van der Waals surface area contributed by atoms with Crippen LogP contribution in [-0.2, 0) is 4.79 Å². The van der Waals surface area contributed by atoms with Gasteiger partial charge in [0.25, 0.3) is 11.5 Å². The van der Waals surface area contributed by atoms with Crippen molar-refractivity contribution in [2.75, 3.05) is 37.6 Å². The second-order valence-corrected chi connectivity index (χ2v) is 9.83. The Hall–Kier alpha value is -2.23. The average molecular weight is 458 g/mol. The molecule has 2 aliphatic rings. The number of aryl methyl sites for hydroxylation is 1. The van der Waals surface area contributed by atoms with Gasteiger partial charge >= 0.3 is 0 Å². The van der Waals surface area contributed by atoms with E-state index in [0.29, 0.717) is 26.3 Å². The van der Waals surface area contributed by atoms with Crippen molar-refractivity contribution in [2.24, 2.45) is 0 Å². The molecule has 2 saturated heterocycles. The highest BCUT2D eigenvalue weighted by molar-refractivity contribution is 8.26. The zero-order valence-corrected chi connectivity index (χ0v) is 19.9. The van der Waals surface area contributed by atoms with Crippen molar-refractivity contribution in [3.8, 4) is 0 Å². The number of rotatable bonds is 4. The lowest BCUT2D eigenvalue weighted by molar-refractivity contribution is -0.123. The molecular formula is C22H27N5O2S2. The molecule has 164 valence electrons. The highest BCUT2D eigenvalue weighted by Crippen LogP contribution is 2.34. The number of hydrogen-bond acceptors (Lipinski definition) is 7. The molecule has 2 fully saturated rings. The largest absolute Gasteiger partial charge is 0.353 e. The van der Waals surface area contributed by atoms with Crippen LogP contribution in [0, 0.1) is 6.92 Å². The van der Waals surface area contributed by atoms with Crippen molar-refractivity contribution in [1.29, 1.82) is 0 Å². The average Bonchev–Trinajstić information content (AvgIpc) is 3.03. The number of hydrogen-bond donors (Lipinski definition) is 0. The summed E-state index contributed by atoms with van der Waals surface area (Å²) in [5.74, 6) is 0.486. The summed E-state index contributed by atoms with van der Waals surface area (Å²) in [6.07, 6.45) is 3.48. The molecule has 0 radical (unpaired) electrons. The van der Waals surface area contributed by atoms with E-state index in [2.05, 4.69) is 16.7 Å². The number of amides is 1. The van der Waals surface area contributed by atoms with Crippen LogP contribution in [0.15, 0.2) is 28.0 Å². The molecule has 2 aromatic heterocycles. The molecule has 1 amide bonds. The summed E-state index contributed by atoms with van der Waals surface area (Å²) in [5, 5.41) is 0. The Morgan fingerprint density at radius 3 is 2.52 bits per heavy atom. The third-order valence-corrected chi connectivity index (χ3v) is 7.05. The molecule has 31 heavy (non-hydrogen) atoms. The first kappa shape index (κ1) is 22.0. The van der Waals surface area contributed by atoms with Crippen LogP contribution in [-0.4, -0.2) is 68.2 Å². The molecule has 0 saturated carbocycles. The minimum Gasteiger partial charge on any atom is -0.353 e. The summed E-state index contributed by atoms with van der Waals surface area (Å²) in [5.41, 5.74) is 1.85. The summed E-state index contributed by atoms with van der Waals surface area (Å²) in [4.78, 5) is 37.9. The van der Waals surface area contributed by atoms with Crippen molar-refractivity contribution in [1.82, 2.24) is 19.2 Å². The predicted octanol–water partition coefficient (Wildman–Crippen LogP) is 2.75. The number of carbonyl (C=O) groups is 1. The highest BCUT2D eigenvalue weighted by Gasteiger charge is 2.34. The Morgan fingerprint density at radius 2 is 1.90 bits per heavy atom. The van der Waals surface area contributed by atoms with Crippen LogP contribution in [0.25, 0.3) is 11.7 Å². The smallest absolute Gasteiger partial charge is 0.267 e. The number of anilines is 1. The molecule has 0 aromatic carbocycles. The van der Waals surface area contributed by atoms with E-state index in [-0.39, 0.29) is 17.5 Å². The first-order valence-electron chi connectivity index (χ1n) is 10.6. The number of likely N-dealkylation sites (N-methyl/N-ethyl adjacent to an activating group) is 1. The van der Waals surface area contributed by atoms with Gasteiger partial charge in [0.1, 0.15) is 15.8 Å². The zero-order chi connectivity index (χ0) is 22.3.